The van der Waals surface area contributed by atoms with Crippen LogP contribution >= 0.6 is 0 Å². The zero-order valence-corrected chi connectivity index (χ0v) is 8.53. The van der Waals surface area contributed by atoms with Crippen molar-refractivity contribution >= 4 is 0 Å². The van der Waals surface area contributed by atoms with E-state index in [1.54, 1.807) is 0 Å². The highest BCUT2D eigenvalue weighted by Crippen LogP contribution is 2.25. The molecule has 1 aromatic rings. The minimum atomic E-state index is 0.115. The third-order valence-electron chi connectivity index (χ3n) is 2.76. The van der Waals surface area contributed by atoms with Crippen LogP contribution in [-0.2, 0) is 0 Å². The molecule has 1 atom stereocenters. The Bertz CT molecular complexity index is 307. The molecule has 0 aliphatic heterocycles. The summed E-state index contributed by atoms with van der Waals surface area (Å²) < 4.78 is 0. The van der Waals surface area contributed by atoms with E-state index in [4.69, 9.17) is 0 Å². The Morgan fingerprint density at radius 2 is 2.14 bits per heavy atom. The maximum atomic E-state index is 9.32. The molecule has 0 heterocycles. The predicted octanol–water partition coefficient (Wildman–Crippen LogP) is 1.78. The van der Waals surface area contributed by atoms with Crippen molar-refractivity contribution in [3.8, 4) is 0 Å². The van der Waals surface area contributed by atoms with Gasteiger partial charge in [-0.2, -0.15) is 0 Å². The van der Waals surface area contributed by atoms with E-state index >= 15 is 0 Å². The molecule has 0 radical (unpaired) electrons. The molecule has 14 heavy (non-hydrogen) atoms. The van der Waals surface area contributed by atoms with Crippen LogP contribution in [0.1, 0.15) is 30.0 Å². The number of hydrogen-bond acceptors (Lipinski definition) is 2. The highest BCUT2D eigenvalue weighted by molar-refractivity contribution is 5.29. The van der Waals surface area contributed by atoms with E-state index in [0.717, 1.165) is 0 Å². The van der Waals surface area contributed by atoms with E-state index in [1.165, 1.54) is 24.0 Å². The van der Waals surface area contributed by atoms with Crippen molar-refractivity contribution in [2.75, 3.05) is 6.61 Å². The number of rotatable bonds is 4. The third-order valence-corrected chi connectivity index (χ3v) is 2.76. The fourth-order valence-corrected chi connectivity index (χ4v) is 1.75. The standard InChI is InChI=1S/C12H17NO/c1-9-4-2-3-5-11(9)12(8-14)13-10-6-7-10/h2-5,10,12-14H,6-8H2,1H3. The van der Waals surface area contributed by atoms with Gasteiger partial charge in [0.15, 0.2) is 0 Å². The normalized spacial score (nSPS) is 18.1. The Morgan fingerprint density at radius 1 is 1.43 bits per heavy atom. The third kappa shape index (κ3) is 2.14. The van der Waals surface area contributed by atoms with Gasteiger partial charge in [0.25, 0.3) is 0 Å². The van der Waals surface area contributed by atoms with Gasteiger partial charge in [-0.25, -0.2) is 0 Å². The number of hydrogen-bond donors (Lipinski definition) is 2. The second-order valence-corrected chi connectivity index (χ2v) is 4.03. The smallest absolute Gasteiger partial charge is 0.0626 e. The minimum absolute atomic E-state index is 0.115. The van der Waals surface area contributed by atoms with Crippen LogP contribution in [0.3, 0.4) is 0 Å². The lowest BCUT2D eigenvalue weighted by Crippen LogP contribution is -2.26. The zero-order chi connectivity index (χ0) is 9.97. The van der Waals surface area contributed by atoms with Crippen molar-refractivity contribution in [1.82, 2.24) is 5.32 Å². The molecular formula is C12H17NO. The molecule has 1 aromatic carbocycles. The monoisotopic (exact) mass is 191 g/mol. The summed E-state index contributed by atoms with van der Waals surface area (Å²) in [4.78, 5) is 0. The number of aliphatic hydroxyl groups excluding tert-OH is 1. The Morgan fingerprint density at radius 3 is 2.71 bits per heavy atom. The van der Waals surface area contributed by atoms with Crippen molar-refractivity contribution in [3.63, 3.8) is 0 Å². The molecule has 1 saturated carbocycles. The van der Waals surface area contributed by atoms with Crippen molar-refractivity contribution in [1.29, 1.82) is 0 Å². The summed E-state index contributed by atoms with van der Waals surface area (Å²) >= 11 is 0. The Labute approximate surface area is 85.0 Å². The average molecular weight is 191 g/mol. The van der Waals surface area contributed by atoms with Crippen LogP contribution in [0.4, 0.5) is 0 Å². The lowest BCUT2D eigenvalue weighted by Gasteiger charge is -2.18. The van der Waals surface area contributed by atoms with Gasteiger partial charge >= 0.3 is 0 Å². The molecular weight excluding hydrogens is 174 g/mol. The Balaban J connectivity index is 2.12. The molecule has 1 aliphatic carbocycles. The zero-order valence-electron chi connectivity index (χ0n) is 8.53. The Hall–Kier alpha value is -0.860. The molecule has 1 unspecified atom stereocenters. The first-order valence-electron chi connectivity index (χ1n) is 5.23. The first kappa shape index (κ1) is 9.69. The van der Waals surface area contributed by atoms with Gasteiger partial charge in [-0.3, -0.25) is 0 Å². The number of nitrogens with one attached hydrogen (secondary N) is 1. The van der Waals surface area contributed by atoms with Gasteiger partial charge in [0, 0.05) is 6.04 Å². The molecule has 1 aliphatic rings. The van der Waals surface area contributed by atoms with E-state index in [2.05, 4.69) is 24.4 Å². The average Bonchev–Trinajstić information content (AvgIpc) is 2.99. The second kappa shape index (κ2) is 4.11. The summed E-state index contributed by atoms with van der Waals surface area (Å²) in [5.74, 6) is 0. The van der Waals surface area contributed by atoms with Crippen LogP contribution in [0.2, 0.25) is 0 Å². The molecule has 0 bridgehead atoms. The van der Waals surface area contributed by atoms with Crippen molar-refractivity contribution in [3.05, 3.63) is 35.4 Å². The molecule has 76 valence electrons. The van der Waals surface area contributed by atoms with Gasteiger partial charge in [-0.1, -0.05) is 24.3 Å². The van der Waals surface area contributed by atoms with Crippen molar-refractivity contribution < 1.29 is 5.11 Å². The van der Waals surface area contributed by atoms with Crippen LogP contribution in [0.25, 0.3) is 0 Å². The summed E-state index contributed by atoms with van der Waals surface area (Å²) in [6.45, 7) is 2.27. The van der Waals surface area contributed by atoms with Gasteiger partial charge in [0.1, 0.15) is 0 Å². The molecule has 2 heteroatoms. The molecule has 0 aromatic heterocycles. The fourth-order valence-electron chi connectivity index (χ4n) is 1.75. The highest BCUT2D eigenvalue weighted by atomic mass is 16.3. The topological polar surface area (TPSA) is 32.3 Å². The van der Waals surface area contributed by atoms with Crippen molar-refractivity contribution in [2.45, 2.75) is 31.8 Å². The molecule has 0 saturated heterocycles. The lowest BCUT2D eigenvalue weighted by molar-refractivity contribution is 0.243. The SMILES string of the molecule is Cc1ccccc1C(CO)NC1CC1. The molecule has 2 N–H and O–H groups in total. The van der Waals surface area contributed by atoms with Gasteiger partial charge in [0.2, 0.25) is 0 Å². The highest BCUT2D eigenvalue weighted by Gasteiger charge is 2.25. The molecule has 2 rings (SSSR count). The van der Waals surface area contributed by atoms with Gasteiger partial charge in [0.05, 0.1) is 12.6 Å². The summed E-state index contributed by atoms with van der Waals surface area (Å²) in [6, 6.07) is 8.98. The van der Waals surface area contributed by atoms with E-state index in [-0.39, 0.29) is 12.6 Å². The van der Waals surface area contributed by atoms with E-state index in [0.29, 0.717) is 6.04 Å². The van der Waals surface area contributed by atoms with Crippen LogP contribution in [0.5, 0.6) is 0 Å². The molecule has 0 amide bonds. The molecule has 1 fully saturated rings. The lowest BCUT2D eigenvalue weighted by atomic mass is 10.0. The number of aryl methyl sites for hydroxylation is 1. The maximum Gasteiger partial charge on any atom is 0.0626 e. The summed E-state index contributed by atoms with van der Waals surface area (Å²) in [7, 11) is 0. The van der Waals surface area contributed by atoms with Crippen LogP contribution in [0.15, 0.2) is 24.3 Å². The van der Waals surface area contributed by atoms with Crippen LogP contribution in [-0.4, -0.2) is 17.8 Å². The minimum Gasteiger partial charge on any atom is -0.394 e. The summed E-state index contributed by atoms with van der Waals surface area (Å²) in [5, 5.41) is 12.8. The summed E-state index contributed by atoms with van der Waals surface area (Å²) in [6.07, 6.45) is 2.50. The van der Waals surface area contributed by atoms with Gasteiger partial charge < -0.3 is 10.4 Å². The van der Waals surface area contributed by atoms with Crippen LogP contribution < -0.4 is 5.32 Å². The van der Waals surface area contributed by atoms with Gasteiger partial charge in [-0.05, 0) is 30.9 Å². The second-order valence-electron chi connectivity index (χ2n) is 4.03. The van der Waals surface area contributed by atoms with Crippen LogP contribution in [0, 0.1) is 6.92 Å². The number of aliphatic hydroxyl groups is 1. The predicted molar refractivity (Wildman–Crippen MR) is 57.2 cm³/mol. The van der Waals surface area contributed by atoms with E-state index in [9.17, 15) is 5.11 Å². The largest absolute Gasteiger partial charge is 0.394 e. The first-order chi connectivity index (χ1) is 6.81. The van der Waals surface area contributed by atoms with Crippen molar-refractivity contribution in [2.24, 2.45) is 0 Å². The first-order valence-corrected chi connectivity index (χ1v) is 5.23. The Kier molecular flexibility index (Phi) is 2.85. The van der Waals surface area contributed by atoms with E-state index in [1.807, 2.05) is 12.1 Å². The summed E-state index contributed by atoms with van der Waals surface area (Å²) in [5.41, 5.74) is 2.47. The quantitative estimate of drug-likeness (QED) is 0.760. The van der Waals surface area contributed by atoms with E-state index < -0.39 is 0 Å². The van der Waals surface area contributed by atoms with Gasteiger partial charge in [-0.15, -0.1) is 0 Å². The fraction of sp³-hybridized carbons (Fsp3) is 0.500. The molecule has 0 spiro atoms. The number of benzene rings is 1. The maximum absolute atomic E-state index is 9.32. The molecule has 2 nitrogen and oxygen atoms in total.